The molecule has 4 nitrogen and oxygen atoms in total. The van der Waals surface area contributed by atoms with Crippen LogP contribution in [-0.2, 0) is 16.0 Å². The van der Waals surface area contributed by atoms with E-state index in [0.717, 1.165) is 11.3 Å². The number of hydrogen-bond donors (Lipinski definition) is 1. The number of nitrogens with two attached hydrogens (primary N) is 1. The third-order valence-electron chi connectivity index (χ3n) is 3.51. The van der Waals surface area contributed by atoms with Gasteiger partial charge in [-0.2, -0.15) is 0 Å². The summed E-state index contributed by atoms with van der Waals surface area (Å²) in [5, 5.41) is 0. The molecule has 0 amide bonds. The number of rotatable bonds is 7. The van der Waals surface area contributed by atoms with Gasteiger partial charge in [0.05, 0.1) is 0 Å². The van der Waals surface area contributed by atoms with Gasteiger partial charge in [-0.15, -0.1) is 0 Å². The van der Waals surface area contributed by atoms with Crippen molar-refractivity contribution in [3.05, 3.63) is 66.2 Å². The molecule has 2 rings (SSSR count). The van der Waals surface area contributed by atoms with Crippen molar-refractivity contribution in [2.75, 3.05) is 0 Å². The lowest BCUT2D eigenvalue weighted by Crippen LogP contribution is -2.40. The average Bonchev–Trinajstić information content (AvgIpc) is 2.56. The Morgan fingerprint density at radius 2 is 1.57 bits per heavy atom. The van der Waals surface area contributed by atoms with Crippen molar-refractivity contribution in [2.24, 2.45) is 5.73 Å². The summed E-state index contributed by atoms with van der Waals surface area (Å²) in [6.45, 7) is 3.51. The molecule has 0 radical (unpaired) electrons. The van der Waals surface area contributed by atoms with E-state index in [4.69, 9.17) is 15.2 Å². The van der Waals surface area contributed by atoms with E-state index in [2.05, 4.69) is 0 Å². The Balaban J connectivity index is 2.09. The van der Waals surface area contributed by atoms with Crippen LogP contribution in [-0.4, -0.2) is 24.2 Å². The minimum absolute atomic E-state index is 0.291. The van der Waals surface area contributed by atoms with Gasteiger partial charge in [0.15, 0.2) is 0 Å². The topological polar surface area (TPSA) is 61.6 Å². The SMILES string of the molecule is C[C@H](N)C(=O)OC(Cc1ccccc1)[C@H](C)Oc1ccccc1. The first-order valence-corrected chi connectivity index (χ1v) is 7.78. The number of benzene rings is 2. The standard InChI is InChI=1S/C19H23NO3/c1-14(20)19(21)23-18(13-16-9-5-3-6-10-16)15(2)22-17-11-7-4-8-12-17/h3-12,14-15,18H,13,20H2,1-2H3/t14-,15-,18?/m0/s1. The number of carbonyl (C=O) groups excluding carboxylic acids is 1. The van der Waals surface area contributed by atoms with Crippen molar-refractivity contribution in [1.82, 2.24) is 0 Å². The quantitative estimate of drug-likeness (QED) is 0.798. The van der Waals surface area contributed by atoms with Crippen LogP contribution in [0.3, 0.4) is 0 Å². The first-order chi connectivity index (χ1) is 11.1. The summed E-state index contributed by atoms with van der Waals surface area (Å²) in [6.07, 6.45) is -0.121. The van der Waals surface area contributed by atoms with Crippen LogP contribution >= 0.6 is 0 Å². The summed E-state index contributed by atoms with van der Waals surface area (Å²) < 4.78 is 11.5. The van der Waals surface area contributed by atoms with E-state index in [9.17, 15) is 4.79 Å². The van der Waals surface area contributed by atoms with Gasteiger partial charge in [-0.25, -0.2) is 0 Å². The zero-order valence-corrected chi connectivity index (χ0v) is 13.5. The monoisotopic (exact) mass is 313 g/mol. The first-order valence-electron chi connectivity index (χ1n) is 7.78. The van der Waals surface area contributed by atoms with Crippen LogP contribution in [0.1, 0.15) is 19.4 Å². The summed E-state index contributed by atoms with van der Waals surface area (Å²) >= 11 is 0. The molecule has 0 aliphatic heterocycles. The summed E-state index contributed by atoms with van der Waals surface area (Å²) in [4.78, 5) is 11.9. The molecule has 2 aromatic carbocycles. The lowest BCUT2D eigenvalue weighted by atomic mass is 10.0. The summed E-state index contributed by atoms with van der Waals surface area (Å²) in [5.74, 6) is 0.323. The first kappa shape index (κ1) is 17.0. The number of ether oxygens (including phenoxy) is 2. The fourth-order valence-corrected chi connectivity index (χ4v) is 2.20. The second kappa shape index (κ2) is 8.34. The fraction of sp³-hybridized carbons (Fsp3) is 0.316. The normalized spacial score (nSPS) is 14.6. The molecule has 0 aliphatic carbocycles. The summed E-state index contributed by atoms with van der Waals surface area (Å²) in [5.41, 5.74) is 6.70. The molecule has 0 fully saturated rings. The molecule has 122 valence electrons. The van der Waals surface area contributed by atoms with Gasteiger partial charge in [0.25, 0.3) is 0 Å². The van der Waals surface area contributed by atoms with Gasteiger partial charge in [0.1, 0.15) is 24.0 Å². The maximum Gasteiger partial charge on any atom is 0.323 e. The second-order valence-corrected chi connectivity index (χ2v) is 5.59. The van der Waals surface area contributed by atoms with Crippen molar-refractivity contribution < 1.29 is 14.3 Å². The van der Waals surface area contributed by atoms with E-state index in [1.54, 1.807) is 6.92 Å². The maximum absolute atomic E-state index is 11.9. The van der Waals surface area contributed by atoms with Gasteiger partial charge in [-0.05, 0) is 31.5 Å². The molecular weight excluding hydrogens is 290 g/mol. The Kier molecular flexibility index (Phi) is 6.18. The number of esters is 1. The zero-order chi connectivity index (χ0) is 16.7. The highest BCUT2D eigenvalue weighted by molar-refractivity contribution is 5.75. The van der Waals surface area contributed by atoms with Crippen LogP contribution < -0.4 is 10.5 Å². The highest BCUT2D eigenvalue weighted by Gasteiger charge is 2.25. The van der Waals surface area contributed by atoms with Crippen LogP contribution in [0.5, 0.6) is 5.75 Å². The van der Waals surface area contributed by atoms with E-state index in [-0.39, 0.29) is 6.10 Å². The number of para-hydroxylation sites is 1. The minimum atomic E-state index is -0.655. The Bertz CT molecular complexity index is 599. The van der Waals surface area contributed by atoms with Crippen LogP contribution in [0.4, 0.5) is 0 Å². The predicted octanol–water partition coefficient (Wildman–Crippen LogP) is 2.96. The smallest absolute Gasteiger partial charge is 0.323 e. The average molecular weight is 313 g/mol. The molecule has 23 heavy (non-hydrogen) atoms. The van der Waals surface area contributed by atoms with Gasteiger partial charge in [0, 0.05) is 6.42 Å². The molecule has 0 spiro atoms. The van der Waals surface area contributed by atoms with Gasteiger partial charge >= 0.3 is 5.97 Å². The molecule has 0 bridgehead atoms. The van der Waals surface area contributed by atoms with E-state index in [1.165, 1.54) is 0 Å². The van der Waals surface area contributed by atoms with Gasteiger partial charge in [-0.1, -0.05) is 48.5 Å². The molecule has 0 saturated carbocycles. The molecular formula is C19H23NO3. The van der Waals surface area contributed by atoms with Crippen LogP contribution in [0.25, 0.3) is 0 Å². The molecule has 0 aliphatic rings. The fourth-order valence-electron chi connectivity index (χ4n) is 2.20. The van der Waals surface area contributed by atoms with Crippen molar-refractivity contribution >= 4 is 5.97 Å². The van der Waals surface area contributed by atoms with Crippen molar-refractivity contribution in [3.63, 3.8) is 0 Å². The van der Waals surface area contributed by atoms with E-state index < -0.39 is 18.1 Å². The molecule has 2 N–H and O–H groups in total. The predicted molar refractivity (Wildman–Crippen MR) is 90.2 cm³/mol. The van der Waals surface area contributed by atoms with Crippen molar-refractivity contribution in [1.29, 1.82) is 0 Å². The highest BCUT2D eigenvalue weighted by atomic mass is 16.6. The lowest BCUT2D eigenvalue weighted by molar-refractivity contribution is -0.154. The second-order valence-electron chi connectivity index (χ2n) is 5.59. The molecule has 2 aromatic rings. The van der Waals surface area contributed by atoms with E-state index >= 15 is 0 Å². The zero-order valence-electron chi connectivity index (χ0n) is 13.5. The number of hydrogen-bond acceptors (Lipinski definition) is 4. The van der Waals surface area contributed by atoms with Crippen LogP contribution in [0.15, 0.2) is 60.7 Å². The van der Waals surface area contributed by atoms with Crippen LogP contribution in [0.2, 0.25) is 0 Å². The largest absolute Gasteiger partial charge is 0.487 e. The van der Waals surface area contributed by atoms with Gasteiger partial charge in [-0.3, -0.25) is 4.79 Å². The summed E-state index contributed by atoms with van der Waals surface area (Å²) in [6, 6.07) is 18.7. The highest BCUT2D eigenvalue weighted by Crippen LogP contribution is 2.17. The van der Waals surface area contributed by atoms with Crippen molar-refractivity contribution in [3.8, 4) is 5.75 Å². The van der Waals surface area contributed by atoms with Gasteiger partial charge in [0.2, 0.25) is 0 Å². The molecule has 3 atom stereocenters. The Labute approximate surface area is 137 Å². The molecule has 1 unspecified atom stereocenters. The lowest BCUT2D eigenvalue weighted by Gasteiger charge is -2.26. The third kappa shape index (κ3) is 5.42. The summed E-state index contributed by atoms with van der Waals surface area (Å²) in [7, 11) is 0. The molecule has 0 heterocycles. The minimum Gasteiger partial charge on any atom is -0.487 e. The maximum atomic E-state index is 11.9. The third-order valence-corrected chi connectivity index (χ3v) is 3.51. The van der Waals surface area contributed by atoms with Gasteiger partial charge < -0.3 is 15.2 Å². The van der Waals surface area contributed by atoms with Crippen LogP contribution in [0, 0.1) is 0 Å². The molecule has 4 heteroatoms. The Hall–Kier alpha value is -2.33. The molecule has 0 aromatic heterocycles. The van der Waals surface area contributed by atoms with E-state index in [1.807, 2.05) is 67.6 Å². The van der Waals surface area contributed by atoms with Crippen molar-refractivity contribution in [2.45, 2.75) is 38.5 Å². The Morgan fingerprint density at radius 1 is 1.00 bits per heavy atom. The Morgan fingerprint density at radius 3 is 2.13 bits per heavy atom. The molecule has 0 saturated heterocycles. The number of carbonyl (C=O) groups is 1. The van der Waals surface area contributed by atoms with E-state index in [0.29, 0.717) is 6.42 Å².